The van der Waals surface area contributed by atoms with Gasteiger partial charge in [-0.15, -0.1) is 0 Å². The van der Waals surface area contributed by atoms with Crippen LogP contribution in [0.15, 0.2) is 18.5 Å². The molecule has 1 N–H and O–H groups in total. The summed E-state index contributed by atoms with van der Waals surface area (Å²) in [5.41, 5.74) is 2.19. The number of fused-ring (bicyclic) bond motifs is 1. The highest BCUT2D eigenvalue weighted by Gasteiger charge is 2.14. The molecular weight excluding hydrogens is 224 g/mol. The first-order valence-corrected chi connectivity index (χ1v) is 6.80. The number of aryl methyl sites for hydroxylation is 2. The van der Waals surface area contributed by atoms with Gasteiger partial charge in [-0.25, -0.2) is 4.98 Å². The van der Waals surface area contributed by atoms with Crippen molar-refractivity contribution >= 4 is 11.0 Å². The molecule has 1 saturated heterocycles. The molecule has 3 rings (SSSR count). The number of piperidine rings is 1. The number of hydrogen-bond acceptors (Lipinski definition) is 3. The fraction of sp³-hybridized carbons (Fsp3) is 0.571. The topological polar surface area (TPSA) is 42.7 Å². The van der Waals surface area contributed by atoms with Crippen molar-refractivity contribution in [3.8, 4) is 0 Å². The second kappa shape index (κ2) is 5.06. The number of pyridine rings is 1. The van der Waals surface area contributed by atoms with Crippen LogP contribution in [-0.4, -0.2) is 27.6 Å². The van der Waals surface area contributed by atoms with Crippen LogP contribution in [0.25, 0.3) is 11.0 Å². The number of aromatic nitrogens is 3. The molecule has 2 aromatic rings. The zero-order chi connectivity index (χ0) is 12.4. The molecule has 1 aliphatic heterocycles. The minimum Gasteiger partial charge on any atom is -0.330 e. The second-order valence-electron chi connectivity index (χ2n) is 5.20. The highest BCUT2D eigenvalue weighted by molar-refractivity contribution is 5.74. The van der Waals surface area contributed by atoms with Crippen LogP contribution in [0.1, 0.15) is 25.1 Å². The molecule has 0 bridgehead atoms. The predicted octanol–water partition coefficient (Wildman–Crippen LogP) is 1.90. The Bertz CT molecular complexity index is 526. The van der Waals surface area contributed by atoms with Crippen LogP contribution in [0.5, 0.6) is 0 Å². The molecule has 1 unspecified atom stereocenters. The van der Waals surface area contributed by atoms with E-state index >= 15 is 0 Å². The van der Waals surface area contributed by atoms with Crippen molar-refractivity contribution in [1.82, 2.24) is 19.9 Å². The zero-order valence-corrected chi connectivity index (χ0v) is 10.9. The number of rotatable bonds is 3. The van der Waals surface area contributed by atoms with Crippen LogP contribution in [0, 0.1) is 5.92 Å². The molecule has 4 heteroatoms. The molecule has 1 fully saturated rings. The number of imidazole rings is 1. The summed E-state index contributed by atoms with van der Waals surface area (Å²) < 4.78 is 2.18. The van der Waals surface area contributed by atoms with Gasteiger partial charge in [0.1, 0.15) is 5.82 Å². The number of hydrogen-bond donors (Lipinski definition) is 1. The predicted molar refractivity (Wildman–Crippen MR) is 72.4 cm³/mol. The number of nitrogens with one attached hydrogen (secondary N) is 1. The van der Waals surface area contributed by atoms with Gasteiger partial charge in [-0.1, -0.05) is 0 Å². The van der Waals surface area contributed by atoms with E-state index in [0.29, 0.717) is 0 Å². The van der Waals surface area contributed by atoms with E-state index in [9.17, 15) is 0 Å². The van der Waals surface area contributed by atoms with Gasteiger partial charge in [-0.05, 0) is 44.3 Å². The van der Waals surface area contributed by atoms with E-state index in [2.05, 4.69) is 21.9 Å². The Balaban J connectivity index is 1.72. The van der Waals surface area contributed by atoms with Crippen molar-refractivity contribution in [1.29, 1.82) is 0 Å². The Morgan fingerprint density at radius 1 is 1.50 bits per heavy atom. The van der Waals surface area contributed by atoms with Crippen molar-refractivity contribution in [2.75, 3.05) is 13.1 Å². The fourth-order valence-electron chi connectivity index (χ4n) is 2.81. The van der Waals surface area contributed by atoms with E-state index < -0.39 is 0 Å². The third-order valence-electron chi connectivity index (χ3n) is 3.95. The van der Waals surface area contributed by atoms with Gasteiger partial charge < -0.3 is 9.88 Å². The minimum atomic E-state index is 0.816. The molecule has 4 nitrogen and oxygen atoms in total. The second-order valence-corrected chi connectivity index (χ2v) is 5.20. The molecule has 1 aliphatic rings. The lowest BCUT2D eigenvalue weighted by molar-refractivity contribution is 0.355. The first-order valence-electron chi connectivity index (χ1n) is 6.80. The van der Waals surface area contributed by atoms with Crippen LogP contribution in [0.4, 0.5) is 0 Å². The molecule has 0 aromatic carbocycles. The summed E-state index contributed by atoms with van der Waals surface area (Å²) >= 11 is 0. The smallest absolute Gasteiger partial charge is 0.109 e. The lowest BCUT2D eigenvalue weighted by Crippen LogP contribution is -2.30. The van der Waals surface area contributed by atoms with Crippen LogP contribution in [0.3, 0.4) is 0 Å². The Labute approximate surface area is 107 Å². The Morgan fingerprint density at radius 2 is 2.44 bits per heavy atom. The molecule has 2 aromatic heterocycles. The van der Waals surface area contributed by atoms with Gasteiger partial charge in [0.25, 0.3) is 0 Å². The maximum atomic E-state index is 4.70. The molecule has 96 valence electrons. The standard InChI is InChI=1S/C14H20N4/c1-18-13-10-16-8-6-12(13)17-14(18)5-4-11-3-2-7-15-9-11/h6,8,10-11,15H,2-5,7,9H2,1H3. The Kier molecular flexibility index (Phi) is 3.28. The van der Waals surface area contributed by atoms with Crippen molar-refractivity contribution in [3.05, 3.63) is 24.3 Å². The summed E-state index contributed by atoms with van der Waals surface area (Å²) in [5, 5.41) is 3.48. The largest absolute Gasteiger partial charge is 0.330 e. The summed E-state index contributed by atoms with van der Waals surface area (Å²) in [4.78, 5) is 8.87. The van der Waals surface area contributed by atoms with Gasteiger partial charge >= 0.3 is 0 Å². The average molecular weight is 244 g/mol. The summed E-state index contributed by atoms with van der Waals surface area (Å²) in [6.07, 6.45) is 8.68. The van der Waals surface area contributed by atoms with E-state index in [1.54, 1.807) is 0 Å². The first kappa shape index (κ1) is 11.7. The maximum absolute atomic E-state index is 4.70. The lowest BCUT2D eigenvalue weighted by atomic mass is 9.94. The molecule has 18 heavy (non-hydrogen) atoms. The molecule has 0 radical (unpaired) electrons. The van der Waals surface area contributed by atoms with Gasteiger partial charge in [0, 0.05) is 19.7 Å². The quantitative estimate of drug-likeness (QED) is 0.896. The lowest BCUT2D eigenvalue weighted by Gasteiger charge is -2.22. The average Bonchev–Trinajstić information content (AvgIpc) is 2.75. The third-order valence-corrected chi connectivity index (χ3v) is 3.95. The molecule has 1 atom stereocenters. The normalized spacial score (nSPS) is 20.4. The van der Waals surface area contributed by atoms with Gasteiger partial charge in [-0.3, -0.25) is 4.98 Å². The summed E-state index contributed by atoms with van der Waals surface area (Å²) in [7, 11) is 2.09. The van der Waals surface area contributed by atoms with Gasteiger partial charge in [-0.2, -0.15) is 0 Å². The molecular formula is C14H20N4. The molecule has 0 aliphatic carbocycles. The molecule has 0 saturated carbocycles. The molecule has 0 spiro atoms. The summed E-state index contributed by atoms with van der Waals surface area (Å²) in [6.45, 7) is 2.36. The molecule has 3 heterocycles. The third kappa shape index (κ3) is 2.25. The van der Waals surface area contributed by atoms with Gasteiger partial charge in [0.2, 0.25) is 0 Å². The van der Waals surface area contributed by atoms with Crippen molar-refractivity contribution in [2.45, 2.75) is 25.7 Å². The Hall–Kier alpha value is -1.42. The van der Waals surface area contributed by atoms with E-state index in [-0.39, 0.29) is 0 Å². The Morgan fingerprint density at radius 3 is 3.22 bits per heavy atom. The summed E-state index contributed by atoms with van der Waals surface area (Å²) in [5.74, 6) is 2.00. The number of nitrogens with zero attached hydrogens (tertiary/aromatic N) is 3. The monoisotopic (exact) mass is 244 g/mol. The van der Waals surface area contributed by atoms with Gasteiger partial charge in [0.15, 0.2) is 0 Å². The SMILES string of the molecule is Cn1c(CCC2CCCNC2)nc2ccncc21. The van der Waals surface area contributed by atoms with Crippen LogP contribution in [-0.2, 0) is 13.5 Å². The van der Waals surface area contributed by atoms with Gasteiger partial charge in [0.05, 0.1) is 17.2 Å². The first-order chi connectivity index (χ1) is 8.84. The van der Waals surface area contributed by atoms with E-state index in [4.69, 9.17) is 4.98 Å². The summed E-state index contributed by atoms with van der Waals surface area (Å²) in [6, 6.07) is 1.99. The van der Waals surface area contributed by atoms with Crippen molar-refractivity contribution in [3.63, 3.8) is 0 Å². The van der Waals surface area contributed by atoms with E-state index in [1.807, 2.05) is 18.5 Å². The van der Waals surface area contributed by atoms with E-state index in [1.165, 1.54) is 38.2 Å². The fourth-order valence-corrected chi connectivity index (χ4v) is 2.81. The van der Waals surface area contributed by atoms with Crippen molar-refractivity contribution in [2.24, 2.45) is 13.0 Å². The van der Waals surface area contributed by atoms with Crippen LogP contribution in [0.2, 0.25) is 0 Å². The molecule has 0 amide bonds. The highest BCUT2D eigenvalue weighted by Crippen LogP contribution is 2.19. The van der Waals surface area contributed by atoms with E-state index in [0.717, 1.165) is 23.4 Å². The highest BCUT2D eigenvalue weighted by atomic mass is 15.1. The minimum absolute atomic E-state index is 0.816. The van der Waals surface area contributed by atoms with Crippen molar-refractivity contribution < 1.29 is 0 Å². The maximum Gasteiger partial charge on any atom is 0.109 e. The zero-order valence-electron chi connectivity index (χ0n) is 10.9. The van der Waals surface area contributed by atoms with Crippen LogP contribution >= 0.6 is 0 Å². The van der Waals surface area contributed by atoms with Crippen LogP contribution < -0.4 is 5.32 Å².